The van der Waals surface area contributed by atoms with Crippen LogP contribution in [0.25, 0.3) is 0 Å². The Morgan fingerprint density at radius 2 is 2.14 bits per heavy atom. The van der Waals surface area contributed by atoms with Crippen LogP contribution in [0, 0.1) is 0 Å². The van der Waals surface area contributed by atoms with Crippen molar-refractivity contribution in [3.63, 3.8) is 0 Å². The van der Waals surface area contributed by atoms with Gasteiger partial charge in [0.15, 0.2) is 0 Å². The first kappa shape index (κ1) is 14.4. The van der Waals surface area contributed by atoms with Crippen LogP contribution in [0.2, 0.25) is 0 Å². The average molecular weight is 313 g/mol. The lowest BCUT2D eigenvalue weighted by molar-refractivity contribution is 0.102. The van der Waals surface area contributed by atoms with Crippen LogP contribution in [0.4, 0.5) is 5.13 Å². The molecule has 1 amide bonds. The Hall–Kier alpha value is -2.54. The van der Waals surface area contributed by atoms with Crippen LogP contribution >= 0.6 is 11.3 Å². The number of anilines is 1. The van der Waals surface area contributed by atoms with E-state index in [0.717, 1.165) is 17.7 Å². The van der Waals surface area contributed by atoms with Crippen LogP contribution in [-0.2, 0) is 13.0 Å². The molecule has 0 aliphatic rings. The Morgan fingerprint density at radius 1 is 1.32 bits per heavy atom. The molecule has 1 aromatic carbocycles. The first-order valence-electron chi connectivity index (χ1n) is 6.94. The number of carbonyl (C=O) groups excluding carboxylic acids is 1. The van der Waals surface area contributed by atoms with Crippen molar-refractivity contribution in [2.75, 3.05) is 5.32 Å². The lowest BCUT2D eigenvalue weighted by atomic mass is 10.2. The molecule has 0 fully saturated rings. The second-order valence-corrected chi connectivity index (χ2v) is 5.53. The number of nitrogens with one attached hydrogen (secondary N) is 1. The molecule has 6 nitrogen and oxygen atoms in total. The predicted molar refractivity (Wildman–Crippen MR) is 85.0 cm³/mol. The fourth-order valence-electron chi connectivity index (χ4n) is 2.26. The molecule has 22 heavy (non-hydrogen) atoms. The van der Waals surface area contributed by atoms with Crippen LogP contribution in [0.1, 0.15) is 28.5 Å². The summed E-state index contributed by atoms with van der Waals surface area (Å²) in [6.07, 6.45) is 2.34. The van der Waals surface area contributed by atoms with Gasteiger partial charge in [0.1, 0.15) is 5.51 Å². The van der Waals surface area contributed by atoms with Crippen molar-refractivity contribution in [2.24, 2.45) is 0 Å². The Morgan fingerprint density at radius 3 is 2.82 bits per heavy atom. The lowest BCUT2D eigenvalue weighted by Gasteiger charge is -2.08. The fourth-order valence-corrected chi connectivity index (χ4v) is 2.70. The van der Waals surface area contributed by atoms with Crippen LogP contribution in [0.5, 0.6) is 0 Å². The number of carbonyl (C=O) groups is 1. The predicted octanol–water partition coefficient (Wildman–Crippen LogP) is 2.60. The second kappa shape index (κ2) is 6.48. The van der Waals surface area contributed by atoms with Gasteiger partial charge >= 0.3 is 0 Å². The van der Waals surface area contributed by atoms with E-state index in [9.17, 15) is 4.79 Å². The average Bonchev–Trinajstić information content (AvgIpc) is 3.17. The van der Waals surface area contributed by atoms with Gasteiger partial charge in [-0.1, -0.05) is 48.6 Å². The zero-order valence-electron chi connectivity index (χ0n) is 12.1. The van der Waals surface area contributed by atoms with Gasteiger partial charge in [0.2, 0.25) is 5.13 Å². The Kier molecular flexibility index (Phi) is 4.24. The summed E-state index contributed by atoms with van der Waals surface area (Å²) in [5, 5.41) is 15.1. The molecule has 1 N–H and O–H groups in total. The van der Waals surface area contributed by atoms with E-state index in [4.69, 9.17) is 0 Å². The van der Waals surface area contributed by atoms with Gasteiger partial charge in [-0.25, -0.2) is 0 Å². The number of benzene rings is 1. The van der Waals surface area contributed by atoms with Gasteiger partial charge < -0.3 is 0 Å². The molecule has 0 saturated carbocycles. The van der Waals surface area contributed by atoms with Crippen LogP contribution in [-0.4, -0.2) is 25.9 Å². The molecule has 2 heterocycles. The number of nitrogens with zero attached hydrogens (tertiary/aromatic N) is 4. The smallest absolute Gasteiger partial charge is 0.260 e. The lowest BCUT2D eigenvalue weighted by Crippen LogP contribution is -2.15. The van der Waals surface area contributed by atoms with E-state index in [0.29, 0.717) is 17.2 Å². The normalized spacial score (nSPS) is 10.6. The monoisotopic (exact) mass is 313 g/mol. The van der Waals surface area contributed by atoms with Gasteiger partial charge in [-0.05, 0) is 12.0 Å². The van der Waals surface area contributed by atoms with Gasteiger partial charge in [-0.15, -0.1) is 10.2 Å². The van der Waals surface area contributed by atoms with Crippen LogP contribution < -0.4 is 5.32 Å². The molecule has 0 atom stereocenters. The highest BCUT2D eigenvalue weighted by Gasteiger charge is 2.17. The minimum atomic E-state index is -0.201. The zero-order valence-corrected chi connectivity index (χ0v) is 12.9. The van der Waals surface area contributed by atoms with Gasteiger partial charge in [-0.3, -0.25) is 14.8 Å². The molecule has 7 heteroatoms. The maximum atomic E-state index is 12.3. The molecule has 3 rings (SSSR count). The summed E-state index contributed by atoms with van der Waals surface area (Å²) < 4.78 is 1.87. The SMILES string of the molecule is CCc1c(C(=O)Nc2nncs2)cnn1Cc1ccccc1. The summed E-state index contributed by atoms with van der Waals surface area (Å²) in [4.78, 5) is 12.3. The second-order valence-electron chi connectivity index (χ2n) is 4.70. The van der Waals surface area contributed by atoms with Gasteiger partial charge in [0, 0.05) is 0 Å². The van der Waals surface area contributed by atoms with Crippen molar-refractivity contribution in [3.05, 3.63) is 58.9 Å². The molecular formula is C15H15N5OS. The van der Waals surface area contributed by atoms with Crippen molar-refractivity contribution >= 4 is 22.4 Å². The van der Waals surface area contributed by atoms with Gasteiger partial charge in [0.25, 0.3) is 5.91 Å². The maximum absolute atomic E-state index is 12.3. The molecular weight excluding hydrogens is 298 g/mol. The number of hydrogen-bond donors (Lipinski definition) is 1. The molecule has 0 bridgehead atoms. The molecule has 3 aromatic rings. The van der Waals surface area contributed by atoms with E-state index in [1.165, 1.54) is 11.3 Å². The van der Waals surface area contributed by atoms with Crippen molar-refractivity contribution in [1.29, 1.82) is 0 Å². The van der Waals surface area contributed by atoms with Crippen molar-refractivity contribution in [1.82, 2.24) is 20.0 Å². The number of amides is 1. The number of hydrogen-bond acceptors (Lipinski definition) is 5. The molecule has 0 saturated heterocycles. The van der Waals surface area contributed by atoms with Crippen LogP contribution in [0.3, 0.4) is 0 Å². The van der Waals surface area contributed by atoms with E-state index < -0.39 is 0 Å². The van der Waals surface area contributed by atoms with E-state index >= 15 is 0 Å². The summed E-state index contributed by atoms with van der Waals surface area (Å²) in [5.41, 5.74) is 4.21. The summed E-state index contributed by atoms with van der Waals surface area (Å²) in [5.74, 6) is -0.201. The summed E-state index contributed by atoms with van der Waals surface area (Å²) >= 11 is 1.29. The molecule has 112 valence electrons. The van der Waals surface area contributed by atoms with Crippen LogP contribution in [0.15, 0.2) is 42.0 Å². The van der Waals surface area contributed by atoms with Crippen molar-refractivity contribution in [2.45, 2.75) is 19.9 Å². The molecule has 0 spiro atoms. The largest absolute Gasteiger partial charge is 0.296 e. The number of rotatable bonds is 5. The van der Waals surface area contributed by atoms with E-state index in [1.54, 1.807) is 11.7 Å². The minimum Gasteiger partial charge on any atom is -0.296 e. The van der Waals surface area contributed by atoms with Gasteiger partial charge in [0.05, 0.1) is 24.0 Å². The van der Waals surface area contributed by atoms with E-state index in [1.807, 2.05) is 41.9 Å². The zero-order chi connectivity index (χ0) is 15.4. The Labute approximate surface area is 131 Å². The summed E-state index contributed by atoms with van der Waals surface area (Å²) in [6.45, 7) is 2.66. The van der Waals surface area contributed by atoms with Gasteiger partial charge in [-0.2, -0.15) is 5.10 Å². The maximum Gasteiger partial charge on any atom is 0.260 e. The quantitative estimate of drug-likeness (QED) is 0.786. The molecule has 0 radical (unpaired) electrons. The van der Waals surface area contributed by atoms with Crippen molar-refractivity contribution in [3.8, 4) is 0 Å². The molecule has 2 aromatic heterocycles. The summed E-state index contributed by atoms with van der Waals surface area (Å²) in [7, 11) is 0. The first-order chi connectivity index (χ1) is 10.8. The minimum absolute atomic E-state index is 0.201. The topological polar surface area (TPSA) is 72.7 Å². The highest BCUT2D eigenvalue weighted by molar-refractivity contribution is 7.13. The third-order valence-electron chi connectivity index (χ3n) is 3.28. The molecule has 0 unspecified atom stereocenters. The highest BCUT2D eigenvalue weighted by Crippen LogP contribution is 2.15. The molecule has 0 aliphatic carbocycles. The van der Waals surface area contributed by atoms with Crippen molar-refractivity contribution < 1.29 is 4.79 Å². The Bertz CT molecular complexity index is 752. The first-order valence-corrected chi connectivity index (χ1v) is 7.82. The van der Waals surface area contributed by atoms with E-state index in [-0.39, 0.29) is 5.91 Å². The summed E-state index contributed by atoms with van der Waals surface area (Å²) in [6, 6.07) is 10.1. The fraction of sp³-hybridized carbons (Fsp3) is 0.200. The standard InChI is InChI=1S/C15H15N5OS/c1-2-13-12(14(21)18-15-19-16-10-22-15)8-17-20(13)9-11-6-4-3-5-7-11/h3-8,10H,2,9H2,1H3,(H,18,19,21). The number of aromatic nitrogens is 4. The third kappa shape index (κ3) is 3.04. The Balaban J connectivity index is 1.82. The third-order valence-corrected chi connectivity index (χ3v) is 3.89. The van der Waals surface area contributed by atoms with E-state index in [2.05, 4.69) is 20.6 Å². The molecule has 0 aliphatic heterocycles. The highest BCUT2D eigenvalue weighted by atomic mass is 32.1.